The van der Waals surface area contributed by atoms with Crippen molar-refractivity contribution in [2.24, 2.45) is 0 Å². The monoisotopic (exact) mass is 325 g/mol. The van der Waals surface area contributed by atoms with Crippen LogP contribution in [0.5, 0.6) is 0 Å². The number of benzene rings is 1. The number of nitrogens with zero attached hydrogens (tertiary/aromatic N) is 4. The van der Waals surface area contributed by atoms with Crippen LogP contribution in [0.15, 0.2) is 47.6 Å². The Kier molecular flexibility index (Phi) is 4.76. The van der Waals surface area contributed by atoms with Gasteiger partial charge in [-0.25, -0.2) is 4.98 Å². The largest absolute Gasteiger partial charge is 0.357 e. The first-order chi connectivity index (χ1) is 11.3. The van der Waals surface area contributed by atoms with Crippen molar-refractivity contribution >= 4 is 23.2 Å². The molecule has 23 heavy (non-hydrogen) atoms. The second-order valence-corrected chi connectivity index (χ2v) is 5.51. The van der Waals surface area contributed by atoms with Crippen LogP contribution in [0.25, 0.3) is 5.65 Å². The summed E-state index contributed by atoms with van der Waals surface area (Å²) in [4.78, 5) is 4.42. The Hall–Kier alpha value is -2.56. The Morgan fingerprint density at radius 1 is 1.30 bits per heavy atom. The van der Waals surface area contributed by atoms with E-state index < -0.39 is 0 Å². The summed E-state index contributed by atoms with van der Waals surface area (Å²) >= 11 is 1.43. The summed E-state index contributed by atoms with van der Waals surface area (Å²) in [7, 11) is 0. The van der Waals surface area contributed by atoms with Gasteiger partial charge in [0.1, 0.15) is 23.4 Å². The van der Waals surface area contributed by atoms with Gasteiger partial charge >= 0.3 is 0 Å². The highest BCUT2D eigenvalue weighted by molar-refractivity contribution is 7.98. The topological polar surface area (TPSA) is 75.2 Å². The van der Waals surface area contributed by atoms with Crippen LogP contribution in [-0.4, -0.2) is 27.6 Å². The highest BCUT2D eigenvalue weighted by Crippen LogP contribution is 2.25. The van der Waals surface area contributed by atoms with Crippen molar-refractivity contribution in [1.29, 1.82) is 5.26 Å². The van der Waals surface area contributed by atoms with Crippen LogP contribution in [0.3, 0.4) is 0 Å². The molecule has 3 aromatic rings. The van der Waals surface area contributed by atoms with E-state index in [9.17, 15) is 5.26 Å². The number of anilines is 1. The van der Waals surface area contributed by atoms with Gasteiger partial charge in [0.05, 0.1) is 12.8 Å². The zero-order valence-corrected chi connectivity index (χ0v) is 13.4. The van der Waals surface area contributed by atoms with Crippen LogP contribution in [-0.2, 0) is 11.3 Å². The summed E-state index contributed by atoms with van der Waals surface area (Å²) < 4.78 is 7.25. The van der Waals surface area contributed by atoms with Crippen molar-refractivity contribution in [3.8, 4) is 6.07 Å². The lowest BCUT2D eigenvalue weighted by Gasteiger charge is -2.12. The molecule has 1 aromatic carbocycles. The van der Waals surface area contributed by atoms with Gasteiger partial charge in [-0.3, -0.25) is 0 Å². The van der Waals surface area contributed by atoms with Gasteiger partial charge in [-0.2, -0.15) is 14.9 Å². The smallest absolute Gasteiger partial charge is 0.158 e. The Morgan fingerprint density at radius 2 is 2.13 bits per heavy atom. The Bertz CT molecular complexity index is 841. The molecule has 116 valence electrons. The number of rotatable bonds is 6. The van der Waals surface area contributed by atoms with E-state index in [2.05, 4.69) is 21.5 Å². The second-order valence-electron chi connectivity index (χ2n) is 4.71. The van der Waals surface area contributed by atoms with E-state index >= 15 is 0 Å². The summed E-state index contributed by atoms with van der Waals surface area (Å²) in [6.07, 6.45) is 3.55. The van der Waals surface area contributed by atoms with E-state index in [1.807, 2.05) is 36.6 Å². The zero-order valence-electron chi connectivity index (χ0n) is 12.6. The molecular weight excluding hydrogens is 310 g/mol. The molecule has 0 aliphatic rings. The lowest BCUT2D eigenvalue weighted by Crippen LogP contribution is -2.13. The van der Waals surface area contributed by atoms with Crippen molar-refractivity contribution in [3.63, 3.8) is 0 Å². The highest BCUT2D eigenvalue weighted by atomic mass is 32.2. The normalized spacial score (nSPS) is 10.6. The lowest BCUT2D eigenvalue weighted by atomic mass is 10.2. The highest BCUT2D eigenvalue weighted by Gasteiger charge is 2.15. The van der Waals surface area contributed by atoms with Crippen molar-refractivity contribution in [3.05, 3.63) is 53.7 Å². The Morgan fingerprint density at radius 3 is 2.87 bits per heavy atom. The summed E-state index contributed by atoms with van der Waals surface area (Å²) in [5, 5.41) is 17.5. The summed E-state index contributed by atoms with van der Waals surface area (Å²) in [6, 6.07) is 13.9. The molecule has 2 aromatic heterocycles. The molecule has 0 atom stereocenters. The van der Waals surface area contributed by atoms with Crippen molar-refractivity contribution in [2.75, 3.05) is 18.3 Å². The van der Waals surface area contributed by atoms with Crippen molar-refractivity contribution in [2.45, 2.75) is 11.6 Å². The first-order valence-corrected chi connectivity index (χ1v) is 8.23. The van der Waals surface area contributed by atoms with Gasteiger partial charge in [0.25, 0.3) is 0 Å². The molecule has 0 bridgehead atoms. The molecule has 0 aliphatic carbocycles. The molecule has 1 N–H and O–H groups in total. The molecule has 0 aliphatic heterocycles. The molecule has 6 nitrogen and oxygen atoms in total. The first kappa shape index (κ1) is 15.3. The van der Waals surface area contributed by atoms with Crippen LogP contribution < -0.4 is 5.32 Å². The minimum absolute atomic E-state index is 0.274. The average Bonchev–Trinajstić information content (AvgIpc) is 3.07. The Labute approximate surface area is 138 Å². The van der Waals surface area contributed by atoms with Gasteiger partial charge in [0.2, 0.25) is 0 Å². The number of aromatic nitrogens is 3. The predicted octanol–water partition coefficient (Wildman–Crippen LogP) is 2.91. The predicted molar refractivity (Wildman–Crippen MR) is 89.2 cm³/mol. The van der Waals surface area contributed by atoms with Gasteiger partial charge in [0.15, 0.2) is 11.5 Å². The fraction of sp³-hybridized carbons (Fsp3) is 0.188. The molecule has 3 rings (SSSR count). The maximum atomic E-state index is 9.44. The fourth-order valence-corrected chi connectivity index (χ4v) is 2.73. The number of nitriles is 1. The number of fused-ring (bicyclic) bond motifs is 1. The maximum Gasteiger partial charge on any atom is 0.158 e. The fourth-order valence-electron chi connectivity index (χ4n) is 2.19. The number of thioether (sulfide) groups is 1. The quantitative estimate of drug-likeness (QED) is 0.325. The second kappa shape index (κ2) is 7.13. The standard InChI is InChI=1S/C16H15N5OS/c1-23-16-13(9-17)15(21-14(20-16)7-8-19-21)18-11-22-10-12-5-3-2-4-6-12/h2-8,18H,10-11H2,1H3. The van der Waals surface area contributed by atoms with Gasteiger partial charge in [-0.1, -0.05) is 30.3 Å². The van der Waals surface area contributed by atoms with Gasteiger partial charge < -0.3 is 10.1 Å². The number of ether oxygens (including phenoxy) is 1. The van der Waals surface area contributed by atoms with Crippen LogP contribution in [0.4, 0.5) is 5.82 Å². The van der Waals surface area contributed by atoms with Crippen LogP contribution in [0.1, 0.15) is 11.1 Å². The van der Waals surface area contributed by atoms with Gasteiger partial charge in [0, 0.05) is 6.07 Å². The lowest BCUT2D eigenvalue weighted by molar-refractivity contribution is 0.138. The van der Waals surface area contributed by atoms with E-state index in [0.29, 0.717) is 28.7 Å². The molecule has 0 saturated heterocycles. The van der Waals surface area contributed by atoms with Crippen molar-refractivity contribution in [1.82, 2.24) is 14.6 Å². The van der Waals surface area contributed by atoms with E-state index in [-0.39, 0.29) is 6.73 Å². The molecule has 0 radical (unpaired) electrons. The van der Waals surface area contributed by atoms with E-state index in [1.165, 1.54) is 11.8 Å². The molecule has 0 fully saturated rings. The third-order valence-corrected chi connectivity index (χ3v) is 3.94. The number of hydrogen-bond donors (Lipinski definition) is 1. The Balaban J connectivity index is 1.76. The first-order valence-electron chi connectivity index (χ1n) is 7.01. The molecule has 2 heterocycles. The van der Waals surface area contributed by atoms with E-state index in [4.69, 9.17) is 4.74 Å². The maximum absolute atomic E-state index is 9.44. The minimum atomic E-state index is 0.274. The van der Waals surface area contributed by atoms with Crippen LogP contribution in [0.2, 0.25) is 0 Å². The van der Waals surface area contributed by atoms with E-state index in [1.54, 1.807) is 16.8 Å². The van der Waals surface area contributed by atoms with E-state index in [0.717, 1.165) is 5.56 Å². The van der Waals surface area contributed by atoms with Crippen LogP contribution >= 0.6 is 11.8 Å². The summed E-state index contributed by atoms with van der Waals surface area (Å²) in [5.74, 6) is 0.597. The average molecular weight is 325 g/mol. The minimum Gasteiger partial charge on any atom is -0.357 e. The van der Waals surface area contributed by atoms with Crippen LogP contribution in [0, 0.1) is 11.3 Å². The van der Waals surface area contributed by atoms with Gasteiger partial charge in [-0.05, 0) is 11.8 Å². The summed E-state index contributed by atoms with van der Waals surface area (Å²) in [6.45, 7) is 0.773. The zero-order chi connectivity index (χ0) is 16.1. The summed E-state index contributed by atoms with van der Waals surface area (Å²) in [5.41, 5.74) is 2.26. The molecule has 0 spiro atoms. The van der Waals surface area contributed by atoms with Gasteiger partial charge in [-0.15, -0.1) is 11.8 Å². The molecule has 0 unspecified atom stereocenters. The SMILES string of the molecule is CSc1nc2ccnn2c(NCOCc2ccccc2)c1C#N. The van der Waals surface area contributed by atoms with Crippen molar-refractivity contribution < 1.29 is 4.74 Å². The molecular formula is C16H15N5OS. The molecule has 7 heteroatoms. The molecule has 0 amide bonds. The molecule has 0 saturated carbocycles. The number of hydrogen-bond acceptors (Lipinski definition) is 6. The third kappa shape index (κ3) is 3.28. The number of nitrogens with one attached hydrogen (secondary N) is 1. The third-order valence-electron chi connectivity index (χ3n) is 3.26.